The summed E-state index contributed by atoms with van der Waals surface area (Å²) in [7, 11) is 0. The zero-order valence-corrected chi connectivity index (χ0v) is 52.7. The number of nitrogens with zero attached hydrogens (tertiary/aromatic N) is 2. The standard InChI is InChI=1S/C28H38N2O2.C17H25NO3.C16H21NO2.C12H17NO/c1-2-31-25-13-12-24(22-9-3-4-10-23(22)25)29-19-16-27(26-11-5-8-18-30-26)17-20-32-28(21-27)14-6-7-15-28;1-5-20-15-11-10-14(12-8-6-7-9-13(12)15)18-16(19)21-17(2,3)4;18-11-8-15(14-5-1-4-10-17-14)9-12-19-16(13-15)6-2-3-7-16;1-2-14-12-8-7-11(13)9-5-3-4-6-10(9)12/h3-5,8-11,18,24-25,29H,2,6-7,12-17,19-21H2,1H3;6-9,14-15H,5,10-11H2,1-4H3,(H,18,19);1,4-5,10-11H,2-3,6-9,12-13H2;3-6,11-12H,2,7-8,13H2,1H3/t24-,25-,27+;14-,15-;15-;11-,12-/m0010/s1. The summed E-state index contributed by atoms with van der Waals surface area (Å²) in [5, 5.41) is 6.91. The van der Waals surface area contributed by atoms with Crippen LogP contribution in [-0.4, -0.2) is 78.7 Å². The maximum absolute atomic E-state index is 12.0. The molecule has 4 heterocycles. The maximum atomic E-state index is 12.0. The van der Waals surface area contributed by atoms with E-state index in [1.54, 1.807) is 0 Å². The van der Waals surface area contributed by atoms with Crippen LogP contribution in [0.3, 0.4) is 0 Å². The van der Waals surface area contributed by atoms with Crippen molar-refractivity contribution < 1.29 is 38.0 Å². The first-order valence-corrected chi connectivity index (χ1v) is 32.9. The molecule has 4 N–H and O–H groups in total. The van der Waals surface area contributed by atoms with E-state index in [1.807, 2.05) is 83.4 Å². The molecule has 12 rings (SSSR count). The molecule has 5 aliphatic carbocycles. The number of aromatic nitrogens is 2. The Bertz CT molecular complexity index is 2870. The predicted octanol–water partition coefficient (Wildman–Crippen LogP) is 15.7. The summed E-state index contributed by atoms with van der Waals surface area (Å²) in [4.78, 5) is 32.6. The van der Waals surface area contributed by atoms with E-state index in [1.165, 1.54) is 72.0 Å². The van der Waals surface area contributed by atoms with Crippen LogP contribution in [0.5, 0.6) is 0 Å². The smallest absolute Gasteiger partial charge is 0.408 e. The lowest BCUT2D eigenvalue weighted by Gasteiger charge is -2.46. The van der Waals surface area contributed by atoms with E-state index < -0.39 is 5.60 Å². The van der Waals surface area contributed by atoms with Crippen LogP contribution in [0.25, 0.3) is 0 Å². The van der Waals surface area contributed by atoms with Crippen LogP contribution in [0.4, 0.5) is 4.79 Å². The molecule has 8 atom stereocenters. The minimum absolute atomic E-state index is 0.00671. The average molecular weight is 1180 g/mol. The van der Waals surface area contributed by atoms with E-state index in [0.717, 1.165) is 134 Å². The summed E-state index contributed by atoms with van der Waals surface area (Å²) < 4.78 is 35.4. The van der Waals surface area contributed by atoms with Crippen LogP contribution in [0, 0.1) is 0 Å². The molecule has 13 heteroatoms. The molecule has 0 bridgehead atoms. The molecule has 4 fully saturated rings. The van der Waals surface area contributed by atoms with Gasteiger partial charge in [0.2, 0.25) is 0 Å². The van der Waals surface area contributed by atoms with E-state index in [9.17, 15) is 9.59 Å². The highest BCUT2D eigenvalue weighted by atomic mass is 16.6. The fourth-order valence-corrected chi connectivity index (χ4v) is 15.4. The fraction of sp³-hybridized carbons (Fsp3) is 0.589. The van der Waals surface area contributed by atoms with Gasteiger partial charge in [-0.15, -0.1) is 0 Å². The molecule has 1 amide bonds. The third kappa shape index (κ3) is 16.5. The summed E-state index contributed by atoms with van der Waals surface area (Å²) in [6, 6.07) is 38.4. The van der Waals surface area contributed by atoms with Crippen LogP contribution in [0.1, 0.15) is 251 Å². The Balaban J connectivity index is 0.000000144. The first-order chi connectivity index (χ1) is 41.8. The van der Waals surface area contributed by atoms with Gasteiger partial charge in [0.25, 0.3) is 0 Å². The third-order valence-electron chi connectivity index (χ3n) is 19.4. The predicted molar refractivity (Wildman–Crippen MR) is 340 cm³/mol. The normalized spacial score (nSPS) is 26.8. The molecule has 466 valence electrons. The van der Waals surface area contributed by atoms with Crippen LogP contribution >= 0.6 is 0 Å². The number of pyridine rings is 2. The van der Waals surface area contributed by atoms with E-state index in [2.05, 4.69) is 95.3 Å². The Hall–Kier alpha value is -5.38. The first kappa shape index (κ1) is 65.1. The fourth-order valence-electron chi connectivity index (χ4n) is 15.4. The van der Waals surface area contributed by atoms with Gasteiger partial charge in [0.15, 0.2) is 0 Å². The van der Waals surface area contributed by atoms with Crippen molar-refractivity contribution in [3.05, 3.63) is 166 Å². The summed E-state index contributed by atoms with van der Waals surface area (Å²) in [6.07, 6.45) is 26.7. The van der Waals surface area contributed by atoms with Crippen LogP contribution in [0.2, 0.25) is 0 Å². The Labute approximate surface area is 514 Å². The molecule has 0 unspecified atom stereocenters. The lowest BCUT2D eigenvalue weighted by Crippen LogP contribution is -2.47. The van der Waals surface area contributed by atoms with Crippen molar-refractivity contribution >= 4 is 12.4 Å². The number of fused-ring (bicyclic) bond motifs is 3. The Morgan fingerprint density at radius 3 is 1.49 bits per heavy atom. The molecule has 13 nitrogen and oxygen atoms in total. The van der Waals surface area contributed by atoms with E-state index >= 15 is 0 Å². The van der Waals surface area contributed by atoms with Gasteiger partial charge in [0.05, 0.1) is 35.6 Å². The number of hydrogen-bond acceptors (Lipinski definition) is 12. The van der Waals surface area contributed by atoms with Crippen molar-refractivity contribution in [2.45, 2.75) is 234 Å². The second-order valence-corrected chi connectivity index (χ2v) is 26.2. The Morgan fingerprint density at radius 1 is 0.570 bits per heavy atom. The van der Waals surface area contributed by atoms with Crippen molar-refractivity contribution in [1.29, 1.82) is 0 Å². The molecular formula is C73H101N5O8. The molecule has 5 aromatic rings. The molecule has 2 spiro atoms. The zero-order valence-electron chi connectivity index (χ0n) is 52.7. The highest BCUT2D eigenvalue weighted by Gasteiger charge is 2.50. The molecule has 7 aliphatic rings. The van der Waals surface area contributed by atoms with E-state index in [-0.39, 0.29) is 58.5 Å². The van der Waals surface area contributed by atoms with Gasteiger partial charge in [0.1, 0.15) is 11.9 Å². The van der Waals surface area contributed by atoms with E-state index in [0.29, 0.717) is 19.1 Å². The van der Waals surface area contributed by atoms with Crippen molar-refractivity contribution in [3.63, 3.8) is 0 Å². The number of rotatable bonds is 15. The molecule has 2 saturated heterocycles. The van der Waals surface area contributed by atoms with Gasteiger partial charge in [-0.05, 0) is 202 Å². The summed E-state index contributed by atoms with van der Waals surface area (Å²) in [5.74, 6) is 0. The SMILES string of the molecule is CCO[C@H]1CC[C@H](N)c2ccccc21.CCO[C@H]1CC[C@H](NC(=O)OC(C)(C)C)c2ccccc21.CCO[C@H]1CC[C@H](NCC[C@@]2(c3ccccn3)CCOC3(CCCC3)C2)c2ccccc21.O=CC[C@@]1(c2ccccn2)CCOC2(CCCC2)C1. The third-order valence-corrected chi connectivity index (χ3v) is 19.4. The maximum Gasteiger partial charge on any atom is 0.408 e. The molecular weight excluding hydrogens is 1070 g/mol. The number of hydrogen-bond donors (Lipinski definition) is 3. The largest absolute Gasteiger partial charge is 0.444 e. The Morgan fingerprint density at radius 2 is 1.00 bits per heavy atom. The summed E-state index contributed by atoms with van der Waals surface area (Å²) >= 11 is 0. The van der Waals surface area contributed by atoms with Crippen molar-refractivity contribution in [2.24, 2.45) is 5.73 Å². The van der Waals surface area contributed by atoms with Gasteiger partial charge in [0, 0.05) is 86.2 Å². The van der Waals surface area contributed by atoms with Gasteiger partial charge in [-0.1, -0.05) is 111 Å². The van der Waals surface area contributed by atoms with Crippen molar-refractivity contribution in [3.8, 4) is 0 Å². The van der Waals surface area contributed by atoms with Crippen LogP contribution in [-0.2, 0) is 44.0 Å². The number of aldehydes is 1. The van der Waals surface area contributed by atoms with Crippen molar-refractivity contribution in [2.75, 3.05) is 39.6 Å². The Kier molecular flexibility index (Phi) is 23.2. The monoisotopic (exact) mass is 1180 g/mol. The highest BCUT2D eigenvalue weighted by Crippen LogP contribution is 2.51. The molecule has 0 radical (unpaired) electrons. The average Bonchev–Trinajstić information content (AvgIpc) is 2.48. The lowest BCUT2D eigenvalue weighted by molar-refractivity contribution is -0.118. The van der Waals surface area contributed by atoms with E-state index in [4.69, 9.17) is 39.1 Å². The van der Waals surface area contributed by atoms with Gasteiger partial charge in [-0.2, -0.15) is 0 Å². The van der Waals surface area contributed by atoms with Gasteiger partial charge in [-0.25, -0.2) is 4.79 Å². The number of alkyl carbamates (subject to hydrolysis) is 1. The van der Waals surface area contributed by atoms with Crippen LogP contribution < -0.4 is 16.4 Å². The van der Waals surface area contributed by atoms with Gasteiger partial charge < -0.3 is 49.6 Å². The molecule has 86 heavy (non-hydrogen) atoms. The molecule has 2 aliphatic heterocycles. The minimum atomic E-state index is -0.480. The second-order valence-electron chi connectivity index (χ2n) is 26.2. The number of benzene rings is 3. The number of carbonyl (C=O) groups excluding carboxylic acids is 2. The van der Waals surface area contributed by atoms with Gasteiger partial charge >= 0.3 is 6.09 Å². The highest BCUT2D eigenvalue weighted by molar-refractivity contribution is 5.68. The van der Waals surface area contributed by atoms with Crippen LogP contribution in [0.15, 0.2) is 122 Å². The number of amides is 1. The number of nitrogens with one attached hydrogen (secondary N) is 2. The topological polar surface area (TPSA) is 165 Å². The minimum Gasteiger partial charge on any atom is -0.444 e. The summed E-state index contributed by atoms with van der Waals surface area (Å²) in [6.45, 7) is 16.6. The zero-order chi connectivity index (χ0) is 60.5. The molecule has 2 saturated carbocycles. The molecule has 2 aromatic heterocycles. The summed E-state index contributed by atoms with van der Waals surface area (Å²) in [5.41, 5.74) is 15.6. The number of ether oxygens (including phenoxy) is 6. The lowest BCUT2D eigenvalue weighted by atomic mass is 9.68. The van der Waals surface area contributed by atoms with Crippen molar-refractivity contribution in [1.82, 2.24) is 20.6 Å². The quantitative estimate of drug-likeness (QED) is 0.0851. The molecule has 3 aromatic carbocycles. The van der Waals surface area contributed by atoms with Gasteiger partial charge in [-0.3, -0.25) is 9.97 Å². The number of nitrogens with two attached hydrogens (primary N) is 1. The number of carbonyl (C=O) groups is 2. The second kappa shape index (κ2) is 30.7. The first-order valence-electron chi connectivity index (χ1n) is 32.9.